The highest BCUT2D eigenvalue weighted by atomic mass is 35.5. The van der Waals surface area contributed by atoms with Crippen molar-refractivity contribution in [3.63, 3.8) is 0 Å². The molecular weight excluding hydrogens is 447 g/mol. The summed E-state index contributed by atoms with van der Waals surface area (Å²) in [5.74, 6) is -0.906. The summed E-state index contributed by atoms with van der Waals surface area (Å²) >= 11 is 12.8. The first kappa shape index (κ1) is 26.0. The lowest BCUT2D eigenvalue weighted by Crippen LogP contribution is -2.32. The summed E-state index contributed by atoms with van der Waals surface area (Å²) in [6.07, 6.45) is 3.79. The Bertz CT molecular complexity index is 987. The van der Waals surface area contributed by atoms with Crippen LogP contribution in [0.1, 0.15) is 66.0 Å². The summed E-state index contributed by atoms with van der Waals surface area (Å²) in [6, 6.07) is 4.86. The minimum absolute atomic E-state index is 0.0203. The van der Waals surface area contributed by atoms with Crippen molar-refractivity contribution in [1.82, 2.24) is 10.2 Å². The molecule has 1 atom stereocenters. The van der Waals surface area contributed by atoms with E-state index >= 15 is 0 Å². The largest absolute Gasteiger partial charge is 0.481 e. The molecule has 0 radical (unpaired) electrons. The van der Waals surface area contributed by atoms with Crippen LogP contribution in [-0.2, 0) is 9.59 Å². The minimum Gasteiger partial charge on any atom is -0.481 e. The van der Waals surface area contributed by atoms with E-state index in [9.17, 15) is 14.7 Å². The average Bonchev–Trinajstić information content (AvgIpc) is 2.78. The van der Waals surface area contributed by atoms with Gasteiger partial charge in [-0.05, 0) is 50.0 Å². The summed E-state index contributed by atoms with van der Waals surface area (Å²) in [5, 5.41) is 13.5. The van der Waals surface area contributed by atoms with Crippen molar-refractivity contribution in [2.24, 2.45) is 5.41 Å². The van der Waals surface area contributed by atoms with E-state index in [4.69, 9.17) is 23.2 Å². The number of benzene rings is 1. The Hall–Kier alpha value is -2.24. The maximum atomic E-state index is 13.6. The Morgan fingerprint density at radius 2 is 1.91 bits per heavy atom. The van der Waals surface area contributed by atoms with Crippen LogP contribution in [0.4, 0.5) is 0 Å². The predicted molar refractivity (Wildman–Crippen MR) is 131 cm³/mol. The van der Waals surface area contributed by atoms with Crippen molar-refractivity contribution in [1.29, 1.82) is 0 Å². The molecule has 0 saturated heterocycles. The van der Waals surface area contributed by atoms with Crippen LogP contribution in [0.5, 0.6) is 0 Å². The topological polar surface area (TPSA) is 69.6 Å². The van der Waals surface area contributed by atoms with Gasteiger partial charge < -0.3 is 15.3 Å². The average molecular weight is 479 g/mol. The highest BCUT2D eigenvalue weighted by molar-refractivity contribution is 6.35. The number of carbonyl (C=O) groups excluding carboxylic acids is 1. The zero-order chi connectivity index (χ0) is 24.2. The second-order valence-electron chi connectivity index (χ2n) is 9.07. The smallest absolute Gasteiger partial charge is 0.307 e. The molecule has 1 aliphatic heterocycles. The van der Waals surface area contributed by atoms with E-state index in [1.807, 2.05) is 53.7 Å². The Morgan fingerprint density at radius 1 is 1.25 bits per heavy atom. The van der Waals surface area contributed by atoms with Crippen molar-refractivity contribution in [2.45, 2.75) is 60.4 Å². The molecule has 0 fully saturated rings. The third kappa shape index (κ3) is 6.17. The number of aliphatic carboxylic acids is 1. The van der Waals surface area contributed by atoms with Crippen molar-refractivity contribution < 1.29 is 14.7 Å². The molecule has 5 nitrogen and oxygen atoms in total. The standard InChI is InChI=1S/C25H32Cl2N2O3/c1-7-20-19(11-12-22(31)32)28-15(3)23(21(30)14-25(4,5)6)24(29(20)8-2)17-10-9-16(26)13-18(17)27/h7,9-11,13,24,28H,8,12,14H2,1-6H3,(H,31,32)/b19-11+,20-7+. The van der Waals surface area contributed by atoms with Crippen LogP contribution in [-0.4, -0.2) is 28.3 Å². The SMILES string of the molecule is C/C=C1\C(=C/CC(=O)O)NC(C)=C(C(=O)CC(C)(C)C)C(c2ccc(Cl)cc2Cl)N1CC. The zero-order valence-electron chi connectivity index (χ0n) is 19.6. The van der Waals surface area contributed by atoms with E-state index in [0.717, 1.165) is 11.3 Å². The molecule has 0 aromatic heterocycles. The number of halogens is 2. The maximum absolute atomic E-state index is 13.6. The Morgan fingerprint density at radius 3 is 2.41 bits per heavy atom. The number of carboxylic acids is 1. The number of allylic oxidation sites excluding steroid dienone is 2. The van der Waals surface area contributed by atoms with Gasteiger partial charge in [0.15, 0.2) is 5.78 Å². The lowest BCUT2D eigenvalue weighted by atomic mass is 9.83. The number of carboxylic acid groups (broad SMARTS) is 1. The lowest BCUT2D eigenvalue weighted by molar-refractivity contribution is -0.136. The molecule has 1 unspecified atom stereocenters. The van der Waals surface area contributed by atoms with E-state index in [-0.39, 0.29) is 17.6 Å². The summed E-state index contributed by atoms with van der Waals surface area (Å²) in [7, 11) is 0. The first-order valence-electron chi connectivity index (χ1n) is 10.7. The molecule has 0 bridgehead atoms. The van der Waals surface area contributed by atoms with E-state index in [0.29, 0.717) is 40.0 Å². The minimum atomic E-state index is -0.926. The Kier molecular flexibility index (Phi) is 8.60. The van der Waals surface area contributed by atoms with Gasteiger partial charge in [-0.1, -0.05) is 56.1 Å². The molecule has 0 amide bonds. The number of likely N-dealkylation sites (N-methyl/N-ethyl adjacent to an activating group) is 1. The van der Waals surface area contributed by atoms with Crippen LogP contribution in [0.3, 0.4) is 0 Å². The molecule has 1 aliphatic rings. The molecule has 1 aromatic carbocycles. The van der Waals surface area contributed by atoms with Crippen LogP contribution < -0.4 is 5.32 Å². The van der Waals surface area contributed by atoms with E-state index < -0.39 is 12.0 Å². The molecule has 32 heavy (non-hydrogen) atoms. The van der Waals surface area contributed by atoms with Crippen LogP contribution in [0.15, 0.2) is 53.0 Å². The fourth-order valence-corrected chi connectivity index (χ4v) is 4.50. The predicted octanol–water partition coefficient (Wildman–Crippen LogP) is 6.50. The summed E-state index contributed by atoms with van der Waals surface area (Å²) in [4.78, 5) is 27.0. The highest BCUT2D eigenvalue weighted by Crippen LogP contribution is 2.42. The van der Waals surface area contributed by atoms with Crippen molar-refractivity contribution in [2.75, 3.05) is 6.54 Å². The normalized spacial score (nSPS) is 19.9. The Labute approximate surface area is 200 Å². The van der Waals surface area contributed by atoms with E-state index in [1.165, 1.54) is 0 Å². The summed E-state index contributed by atoms with van der Waals surface area (Å²) < 4.78 is 0. The van der Waals surface area contributed by atoms with Gasteiger partial charge in [0.2, 0.25) is 0 Å². The summed E-state index contributed by atoms with van der Waals surface area (Å²) in [5.41, 5.74) is 3.33. The number of Topliss-reactive ketones (excluding diaryl/α,β-unsaturated/α-hetero) is 1. The van der Waals surface area contributed by atoms with Crippen LogP contribution in [0.2, 0.25) is 10.0 Å². The number of hydrogen-bond donors (Lipinski definition) is 2. The molecular formula is C25H32Cl2N2O3. The van der Waals surface area contributed by atoms with E-state index in [1.54, 1.807) is 18.2 Å². The van der Waals surface area contributed by atoms with Gasteiger partial charge in [0.05, 0.1) is 23.9 Å². The second kappa shape index (κ2) is 10.6. The fourth-order valence-electron chi connectivity index (χ4n) is 3.99. The molecule has 174 valence electrons. The summed E-state index contributed by atoms with van der Waals surface area (Å²) in [6.45, 7) is 12.4. The number of carbonyl (C=O) groups is 2. The molecule has 2 rings (SSSR count). The molecule has 0 spiro atoms. The van der Waals surface area contributed by atoms with Gasteiger partial charge >= 0.3 is 5.97 Å². The molecule has 1 aromatic rings. The molecule has 2 N–H and O–H groups in total. The maximum Gasteiger partial charge on any atom is 0.307 e. The third-order valence-corrected chi connectivity index (χ3v) is 5.80. The van der Waals surface area contributed by atoms with Crippen molar-refractivity contribution in [3.8, 4) is 0 Å². The zero-order valence-corrected chi connectivity index (χ0v) is 21.1. The number of ketones is 1. The first-order valence-corrected chi connectivity index (χ1v) is 11.5. The van der Waals surface area contributed by atoms with Crippen molar-refractivity contribution in [3.05, 3.63) is 68.6 Å². The monoisotopic (exact) mass is 478 g/mol. The van der Waals surface area contributed by atoms with Gasteiger partial charge in [0.1, 0.15) is 0 Å². The second-order valence-corrected chi connectivity index (χ2v) is 9.91. The van der Waals surface area contributed by atoms with Gasteiger partial charge in [0.25, 0.3) is 0 Å². The van der Waals surface area contributed by atoms with Crippen LogP contribution in [0.25, 0.3) is 0 Å². The van der Waals surface area contributed by atoms with Crippen molar-refractivity contribution >= 4 is 35.0 Å². The van der Waals surface area contributed by atoms with Crippen LogP contribution in [0, 0.1) is 5.41 Å². The highest BCUT2D eigenvalue weighted by Gasteiger charge is 2.36. The van der Waals surface area contributed by atoms with Gasteiger partial charge in [-0.3, -0.25) is 9.59 Å². The molecule has 1 heterocycles. The number of hydrogen-bond acceptors (Lipinski definition) is 4. The van der Waals surface area contributed by atoms with Gasteiger partial charge in [-0.2, -0.15) is 0 Å². The molecule has 7 heteroatoms. The fraction of sp³-hybridized carbons (Fsp3) is 0.440. The number of nitrogens with zero attached hydrogens (tertiary/aromatic N) is 1. The van der Waals surface area contributed by atoms with Gasteiger partial charge in [-0.15, -0.1) is 0 Å². The third-order valence-electron chi connectivity index (χ3n) is 5.24. The van der Waals surface area contributed by atoms with E-state index in [2.05, 4.69) is 10.2 Å². The number of rotatable bonds is 6. The Balaban J connectivity index is 2.81. The first-order chi connectivity index (χ1) is 14.9. The quantitative estimate of drug-likeness (QED) is 0.487. The van der Waals surface area contributed by atoms with Gasteiger partial charge in [0, 0.05) is 34.3 Å². The number of nitrogens with one attached hydrogen (secondary N) is 1. The van der Waals surface area contributed by atoms with Gasteiger partial charge in [-0.25, -0.2) is 0 Å². The molecule has 0 saturated carbocycles. The lowest BCUT2D eigenvalue weighted by Gasteiger charge is -2.35. The van der Waals surface area contributed by atoms with Crippen LogP contribution >= 0.6 is 23.2 Å². The molecule has 0 aliphatic carbocycles.